The first-order valence-electron chi connectivity index (χ1n) is 13.4. The van der Waals surface area contributed by atoms with Crippen LogP contribution in [-0.4, -0.2) is 69.5 Å². The number of carbonyl (C=O) groups is 1. The van der Waals surface area contributed by atoms with Gasteiger partial charge in [0.05, 0.1) is 39.0 Å². The summed E-state index contributed by atoms with van der Waals surface area (Å²) in [5.41, 5.74) is 1.35. The molecule has 8 heteroatoms. The summed E-state index contributed by atoms with van der Waals surface area (Å²) in [7, 11) is 4.81. The Bertz CT molecular complexity index is 1040. The van der Waals surface area contributed by atoms with Crippen molar-refractivity contribution in [3.63, 3.8) is 0 Å². The van der Waals surface area contributed by atoms with E-state index in [2.05, 4.69) is 26.8 Å². The van der Waals surface area contributed by atoms with Gasteiger partial charge < -0.3 is 33.2 Å². The topological polar surface area (TPSA) is 88.3 Å². The van der Waals surface area contributed by atoms with Crippen molar-refractivity contribution in [2.24, 2.45) is 5.92 Å². The lowest BCUT2D eigenvalue weighted by Gasteiger charge is -2.42. The molecule has 210 valence electrons. The van der Waals surface area contributed by atoms with Crippen LogP contribution < -0.4 is 14.2 Å². The van der Waals surface area contributed by atoms with Crippen LogP contribution in [0.3, 0.4) is 0 Å². The number of ether oxygens (including phenoxy) is 7. The summed E-state index contributed by atoms with van der Waals surface area (Å²) in [4.78, 5) is 12.9. The van der Waals surface area contributed by atoms with Crippen LogP contribution in [-0.2, 0) is 23.7 Å². The zero-order chi connectivity index (χ0) is 27.7. The minimum Gasteiger partial charge on any atom is -0.493 e. The Balaban J connectivity index is 1.47. The number of hydrogen-bond acceptors (Lipinski definition) is 8. The van der Waals surface area contributed by atoms with Gasteiger partial charge in [-0.05, 0) is 77.7 Å². The Morgan fingerprint density at radius 3 is 2.34 bits per heavy atom. The summed E-state index contributed by atoms with van der Waals surface area (Å²) >= 11 is 0. The summed E-state index contributed by atoms with van der Waals surface area (Å²) in [6.07, 6.45) is 6.97. The molecule has 0 amide bonds. The minimum absolute atomic E-state index is 0.0203. The molecule has 3 aliphatic rings. The Morgan fingerprint density at radius 2 is 1.82 bits per heavy atom. The molecule has 38 heavy (non-hydrogen) atoms. The highest BCUT2D eigenvalue weighted by molar-refractivity contribution is 5.87. The van der Waals surface area contributed by atoms with E-state index in [4.69, 9.17) is 33.2 Å². The maximum atomic E-state index is 12.9. The predicted molar refractivity (Wildman–Crippen MR) is 144 cm³/mol. The van der Waals surface area contributed by atoms with E-state index in [1.807, 2.05) is 13.8 Å². The highest BCUT2D eigenvalue weighted by Crippen LogP contribution is 2.59. The molecule has 0 aromatic heterocycles. The molecular formula is C30H42O8. The van der Waals surface area contributed by atoms with E-state index in [1.165, 1.54) is 11.6 Å². The largest absolute Gasteiger partial charge is 0.493 e. The van der Waals surface area contributed by atoms with E-state index in [1.54, 1.807) is 39.5 Å². The molecule has 2 unspecified atom stereocenters. The fraction of sp³-hybridized carbons (Fsp3) is 0.633. The van der Waals surface area contributed by atoms with Gasteiger partial charge in [0, 0.05) is 13.2 Å². The number of esters is 1. The van der Waals surface area contributed by atoms with Crippen LogP contribution in [0.4, 0.5) is 0 Å². The van der Waals surface area contributed by atoms with Crippen molar-refractivity contribution >= 4 is 12.0 Å². The summed E-state index contributed by atoms with van der Waals surface area (Å²) in [5.74, 6) is 1.11. The van der Waals surface area contributed by atoms with Crippen LogP contribution >= 0.6 is 0 Å². The van der Waals surface area contributed by atoms with Gasteiger partial charge in [-0.15, -0.1) is 0 Å². The number of rotatable bonds is 11. The third-order valence-corrected chi connectivity index (χ3v) is 7.75. The van der Waals surface area contributed by atoms with Gasteiger partial charge in [-0.2, -0.15) is 0 Å². The van der Waals surface area contributed by atoms with Crippen LogP contribution in [0.1, 0.15) is 59.4 Å². The smallest absolute Gasteiger partial charge is 0.331 e. The van der Waals surface area contributed by atoms with Gasteiger partial charge in [0.25, 0.3) is 0 Å². The van der Waals surface area contributed by atoms with Gasteiger partial charge in [0.15, 0.2) is 11.5 Å². The zero-order valence-electron chi connectivity index (χ0n) is 23.9. The highest BCUT2D eigenvalue weighted by Gasteiger charge is 2.72. The van der Waals surface area contributed by atoms with Crippen molar-refractivity contribution in [1.29, 1.82) is 0 Å². The predicted octanol–water partition coefficient (Wildman–Crippen LogP) is 5.12. The van der Waals surface area contributed by atoms with Crippen molar-refractivity contribution in [2.75, 3.05) is 27.9 Å². The zero-order valence-corrected chi connectivity index (χ0v) is 23.9. The summed E-state index contributed by atoms with van der Waals surface area (Å²) in [6.45, 7) is 10.9. The SMILES string of the molecule is COc1cc(/C=C/C(=O)O[C@@H]2CC[C@]3(CO3)C([C@]3(C)OC3CC=C(C)C)[C@@H]2OC)cc(OC)c1OC(C)C. The second-order valence-corrected chi connectivity index (χ2v) is 11.1. The van der Waals surface area contributed by atoms with E-state index < -0.39 is 12.1 Å². The quantitative estimate of drug-likeness (QED) is 0.169. The van der Waals surface area contributed by atoms with Crippen molar-refractivity contribution in [2.45, 2.75) is 89.5 Å². The number of carbonyl (C=O) groups excluding carboxylic acids is 1. The van der Waals surface area contributed by atoms with E-state index in [-0.39, 0.29) is 35.4 Å². The third kappa shape index (κ3) is 5.87. The van der Waals surface area contributed by atoms with Gasteiger partial charge in [0.2, 0.25) is 5.75 Å². The molecule has 1 aliphatic carbocycles. The molecule has 2 saturated heterocycles. The standard InChI is InChI=1S/C30H42O8/c1-18(2)9-11-24-29(5,38-24)28-27(34-8)21(13-14-30(28)17-35-30)37-25(31)12-10-20-15-22(32-6)26(36-19(3)4)23(16-20)33-7/h9-10,12,15-16,19,21,24,27-28H,11,13-14,17H2,1-8H3/b12-10+/t21-,24?,27-,28?,29-,30+/m1/s1. The summed E-state index contributed by atoms with van der Waals surface area (Å²) in [5, 5.41) is 0. The average molecular weight is 531 g/mol. The molecule has 0 radical (unpaired) electrons. The maximum Gasteiger partial charge on any atom is 0.331 e. The Morgan fingerprint density at radius 1 is 1.16 bits per heavy atom. The molecule has 1 saturated carbocycles. The Hall–Kier alpha value is -2.55. The van der Waals surface area contributed by atoms with Gasteiger partial charge >= 0.3 is 5.97 Å². The van der Waals surface area contributed by atoms with E-state index in [0.29, 0.717) is 30.3 Å². The molecule has 6 atom stereocenters. The first-order chi connectivity index (χ1) is 18.1. The molecule has 8 nitrogen and oxygen atoms in total. The minimum atomic E-state index is -0.438. The van der Waals surface area contributed by atoms with Crippen molar-refractivity contribution in [3.05, 3.63) is 35.4 Å². The number of benzene rings is 1. The molecule has 1 aromatic carbocycles. The molecular weight excluding hydrogens is 488 g/mol. The van der Waals surface area contributed by atoms with Crippen LogP contribution in [0.25, 0.3) is 6.08 Å². The monoisotopic (exact) mass is 530 g/mol. The summed E-state index contributed by atoms with van der Waals surface area (Å²) < 4.78 is 41.0. The first kappa shape index (κ1) is 28.5. The Labute approximate surface area is 226 Å². The van der Waals surface area contributed by atoms with Crippen LogP contribution in [0, 0.1) is 5.92 Å². The van der Waals surface area contributed by atoms with Gasteiger partial charge in [-0.3, -0.25) is 0 Å². The van der Waals surface area contributed by atoms with Crippen molar-refractivity contribution in [3.8, 4) is 17.2 Å². The van der Waals surface area contributed by atoms with Gasteiger partial charge in [-0.1, -0.05) is 11.6 Å². The number of epoxide rings is 2. The number of hydrogen-bond donors (Lipinski definition) is 0. The van der Waals surface area contributed by atoms with Crippen molar-refractivity contribution in [1.82, 2.24) is 0 Å². The second kappa shape index (κ2) is 11.3. The van der Waals surface area contributed by atoms with Crippen LogP contribution in [0.5, 0.6) is 17.2 Å². The molecule has 4 rings (SSSR count). The maximum absolute atomic E-state index is 12.9. The normalized spacial score (nSPS) is 31.8. The summed E-state index contributed by atoms with van der Waals surface area (Å²) in [6, 6.07) is 3.59. The highest BCUT2D eigenvalue weighted by atomic mass is 16.6. The first-order valence-corrected chi connectivity index (χ1v) is 13.4. The molecule has 0 N–H and O–H groups in total. The van der Waals surface area contributed by atoms with E-state index >= 15 is 0 Å². The van der Waals surface area contributed by atoms with Gasteiger partial charge in [-0.25, -0.2) is 4.79 Å². The van der Waals surface area contributed by atoms with E-state index in [9.17, 15) is 4.79 Å². The fourth-order valence-electron chi connectivity index (χ4n) is 5.77. The molecule has 3 fully saturated rings. The number of methoxy groups -OCH3 is 3. The Kier molecular flexibility index (Phi) is 8.45. The van der Waals surface area contributed by atoms with Crippen LogP contribution in [0.2, 0.25) is 0 Å². The lowest BCUT2D eigenvalue weighted by molar-refractivity contribution is -0.166. The third-order valence-electron chi connectivity index (χ3n) is 7.75. The molecule has 0 bridgehead atoms. The lowest BCUT2D eigenvalue weighted by Crippen LogP contribution is -2.55. The van der Waals surface area contributed by atoms with Gasteiger partial charge in [0.1, 0.15) is 23.4 Å². The average Bonchev–Trinajstić information content (AvgIpc) is 3.79. The van der Waals surface area contributed by atoms with Crippen molar-refractivity contribution < 1.29 is 38.0 Å². The number of allylic oxidation sites excluding steroid dienone is 1. The lowest BCUT2D eigenvalue weighted by atomic mass is 9.68. The van der Waals surface area contributed by atoms with Crippen LogP contribution in [0.15, 0.2) is 29.9 Å². The molecule has 2 heterocycles. The molecule has 1 spiro atoms. The second-order valence-electron chi connectivity index (χ2n) is 11.1. The molecule has 2 aliphatic heterocycles. The fourth-order valence-corrected chi connectivity index (χ4v) is 5.77. The van der Waals surface area contributed by atoms with E-state index in [0.717, 1.165) is 18.4 Å². The molecule has 1 aromatic rings.